The molecule has 29 heavy (non-hydrogen) atoms. The molecule has 2 heterocycles. The first-order valence-electron chi connectivity index (χ1n) is 9.49. The number of hydrogen-bond donors (Lipinski definition) is 2. The summed E-state index contributed by atoms with van der Waals surface area (Å²) in [6.07, 6.45) is 3.03. The van der Waals surface area contributed by atoms with Crippen molar-refractivity contribution in [2.45, 2.75) is 32.7 Å². The van der Waals surface area contributed by atoms with Gasteiger partial charge in [-0.05, 0) is 54.7 Å². The van der Waals surface area contributed by atoms with E-state index in [0.29, 0.717) is 11.6 Å². The number of amides is 1. The van der Waals surface area contributed by atoms with Gasteiger partial charge in [-0.15, -0.1) is 22.6 Å². The number of nitrogens with zero attached hydrogens (tertiary/aromatic N) is 3. The first kappa shape index (κ1) is 21.1. The lowest BCUT2D eigenvalue weighted by atomic mass is 10.00. The van der Waals surface area contributed by atoms with Gasteiger partial charge in [-0.25, -0.2) is 0 Å². The molecule has 152 valence electrons. The highest BCUT2D eigenvalue weighted by atomic mass is 35.5. The molecule has 1 aliphatic heterocycles. The van der Waals surface area contributed by atoms with Gasteiger partial charge in [0.25, 0.3) is 5.91 Å². The molecule has 4 rings (SSSR count). The van der Waals surface area contributed by atoms with E-state index in [9.17, 15) is 4.79 Å². The van der Waals surface area contributed by atoms with Crippen molar-refractivity contribution in [1.82, 2.24) is 10.2 Å². The van der Waals surface area contributed by atoms with E-state index in [2.05, 4.69) is 33.4 Å². The number of hydrogen-bond acceptors (Lipinski definition) is 6. The number of fused-ring (bicyclic) bond motifs is 1. The molecule has 3 N–H and O–H groups in total. The molecular weight excluding hydrogens is 406 g/mol. The van der Waals surface area contributed by atoms with Gasteiger partial charge in [0.1, 0.15) is 5.01 Å². The number of nitrogens with two attached hydrogens (primary N) is 1. The third-order valence-electron chi connectivity index (χ3n) is 4.99. The minimum atomic E-state index is -0.226. The van der Waals surface area contributed by atoms with Crippen LogP contribution >= 0.6 is 23.7 Å². The largest absolute Gasteiger partial charge is 0.398 e. The summed E-state index contributed by atoms with van der Waals surface area (Å²) in [5.74, 6) is -0.226. The Morgan fingerprint density at radius 2 is 2.00 bits per heavy atom. The fourth-order valence-electron chi connectivity index (χ4n) is 3.47. The zero-order valence-electron chi connectivity index (χ0n) is 16.2. The van der Waals surface area contributed by atoms with Crippen molar-refractivity contribution in [3.63, 3.8) is 0 Å². The van der Waals surface area contributed by atoms with Gasteiger partial charge in [-0.1, -0.05) is 36.5 Å². The summed E-state index contributed by atoms with van der Waals surface area (Å²) < 4.78 is 0. The molecule has 1 amide bonds. The van der Waals surface area contributed by atoms with Crippen LogP contribution in [0.4, 0.5) is 17.1 Å². The van der Waals surface area contributed by atoms with Crippen LogP contribution in [0.25, 0.3) is 0 Å². The monoisotopic (exact) mass is 429 g/mol. The van der Waals surface area contributed by atoms with Gasteiger partial charge in [0, 0.05) is 23.6 Å². The van der Waals surface area contributed by atoms with Gasteiger partial charge in [-0.3, -0.25) is 4.79 Å². The average Bonchev–Trinajstić information content (AvgIpc) is 3.18. The number of nitrogens with one attached hydrogen (secondary N) is 1. The van der Waals surface area contributed by atoms with Gasteiger partial charge in [-0.2, -0.15) is 0 Å². The number of rotatable bonds is 5. The molecule has 0 bridgehead atoms. The van der Waals surface area contributed by atoms with E-state index in [0.717, 1.165) is 47.9 Å². The molecule has 1 aromatic heterocycles. The minimum absolute atomic E-state index is 0. The topological polar surface area (TPSA) is 84.1 Å². The summed E-state index contributed by atoms with van der Waals surface area (Å²) in [4.78, 5) is 14.7. The maximum absolute atomic E-state index is 12.5. The molecule has 6 nitrogen and oxygen atoms in total. The Morgan fingerprint density at radius 3 is 2.76 bits per heavy atom. The Balaban J connectivity index is 0.00000240. The highest BCUT2D eigenvalue weighted by Crippen LogP contribution is 2.32. The van der Waals surface area contributed by atoms with E-state index >= 15 is 0 Å². The maximum Gasteiger partial charge on any atom is 0.286 e. The van der Waals surface area contributed by atoms with Gasteiger partial charge in [0.15, 0.2) is 0 Å². The number of aryl methyl sites for hydroxylation is 1. The zero-order chi connectivity index (χ0) is 19.5. The smallest absolute Gasteiger partial charge is 0.286 e. The molecule has 0 atom stereocenters. The average molecular weight is 430 g/mol. The third kappa shape index (κ3) is 4.68. The van der Waals surface area contributed by atoms with Crippen LogP contribution in [0, 0.1) is 0 Å². The van der Waals surface area contributed by atoms with E-state index in [1.54, 1.807) is 0 Å². The van der Waals surface area contributed by atoms with Crippen molar-refractivity contribution in [1.29, 1.82) is 0 Å². The molecule has 1 aliphatic rings. The zero-order valence-corrected chi connectivity index (χ0v) is 17.9. The number of nitrogen functional groups attached to an aromatic ring is 1. The van der Waals surface area contributed by atoms with Crippen LogP contribution in [0.15, 0.2) is 42.5 Å². The van der Waals surface area contributed by atoms with Crippen LogP contribution in [0.1, 0.15) is 39.3 Å². The van der Waals surface area contributed by atoms with Gasteiger partial charge >= 0.3 is 0 Å². The second kappa shape index (κ2) is 9.24. The molecule has 0 unspecified atom stereocenters. The molecule has 2 aromatic carbocycles. The molecule has 0 saturated carbocycles. The lowest BCUT2D eigenvalue weighted by Crippen LogP contribution is -2.29. The predicted octanol–water partition coefficient (Wildman–Crippen LogP) is 4.31. The number of anilines is 3. The Kier molecular flexibility index (Phi) is 6.71. The van der Waals surface area contributed by atoms with E-state index < -0.39 is 0 Å². The predicted molar refractivity (Wildman–Crippen MR) is 121 cm³/mol. The fourth-order valence-corrected chi connectivity index (χ4v) is 4.22. The molecule has 0 radical (unpaired) electrons. The van der Waals surface area contributed by atoms with E-state index in [-0.39, 0.29) is 18.3 Å². The summed E-state index contributed by atoms with van der Waals surface area (Å²) in [5.41, 5.74) is 11.3. The number of halogens is 1. The first-order chi connectivity index (χ1) is 13.6. The van der Waals surface area contributed by atoms with Crippen molar-refractivity contribution < 1.29 is 4.79 Å². The first-order valence-corrected chi connectivity index (χ1v) is 10.3. The number of carbonyl (C=O) groups is 1. The summed E-state index contributed by atoms with van der Waals surface area (Å²) in [6, 6.07) is 13.9. The Hall–Kier alpha value is -2.64. The number of carbonyl (C=O) groups excluding carboxylic acids is 1. The normalized spacial score (nSPS) is 12.8. The van der Waals surface area contributed by atoms with Crippen molar-refractivity contribution in [2.75, 3.05) is 22.5 Å². The van der Waals surface area contributed by atoms with Gasteiger partial charge < -0.3 is 16.0 Å². The van der Waals surface area contributed by atoms with E-state index in [4.69, 9.17) is 5.73 Å². The molecule has 0 saturated heterocycles. The molecule has 0 fully saturated rings. The van der Waals surface area contributed by atoms with E-state index in [1.807, 2.05) is 36.4 Å². The highest BCUT2D eigenvalue weighted by molar-refractivity contribution is 7.13. The van der Waals surface area contributed by atoms with Gasteiger partial charge in [0.2, 0.25) is 5.01 Å². The lowest BCUT2D eigenvalue weighted by Gasteiger charge is -2.31. The van der Waals surface area contributed by atoms with Gasteiger partial charge in [0.05, 0.1) is 6.54 Å². The molecular formula is C21H24ClN5OS. The molecule has 3 aromatic rings. The summed E-state index contributed by atoms with van der Waals surface area (Å²) >= 11 is 1.33. The van der Waals surface area contributed by atoms with Crippen molar-refractivity contribution in [3.05, 3.63) is 63.6 Å². The fraction of sp³-hybridized carbons (Fsp3) is 0.286. The third-order valence-corrected chi connectivity index (χ3v) is 5.90. The van der Waals surface area contributed by atoms with Crippen molar-refractivity contribution in [2.24, 2.45) is 0 Å². The van der Waals surface area contributed by atoms with Crippen LogP contribution in [0.5, 0.6) is 0 Å². The van der Waals surface area contributed by atoms with Crippen molar-refractivity contribution in [3.8, 4) is 0 Å². The Morgan fingerprint density at radius 1 is 1.21 bits per heavy atom. The SMILES string of the molecule is CCc1ccc(NC(=O)c2nnc(CN3CCCc4c(N)cccc43)s2)cc1.Cl. The van der Waals surface area contributed by atoms with Crippen molar-refractivity contribution >= 4 is 46.7 Å². The Bertz CT molecular complexity index is 989. The molecule has 8 heteroatoms. The van der Waals surface area contributed by atoms with E-state index in [1.165, 1.54) is 22.5 Å². The summed E-state index contributed by atoms with van der Waals surface area (Å²) in [6.45, 7) is 3.68. The lowest BCUT2D eigenvalue weighted by molar-refractivity contribution is 0.102. The van der Waals surface area contributed by atoms with Crippen LogP contribution < -0.4 is 16.0 Å². The summed E-state index contributed by atoms with van der Waals surface area (Å²) in [7, 11) is 0. The van der Waals surface area contributed by atoms with Crippen LogP contribution in [-0.4, -0.2) is 22.6 Å². The summed E-state index contributed by atoms with van der Waals surface area (Å²) in [5, 5.41) is 12.4. The molecule has 0 spiro atoms. The van der Waals surface area contributed by atoms with Crippen LogP contribution in [0.3, 0.4) is 0 Å². The number of aromatic nitrogens is 2. The Labute approximate surface area is 180 Å². The number of benzene rings is 2. The second-order valence-electron chi connectivity index (χ2n) is 6.88. The molecule has 0 aliphatic carbocycles. The maximum atomic E-state index is 12.5. The van der Waals surface area contributed by atoms with Crippen LogP contribution in [-0.2, 0) is 19.4 Å². The minimum Gasteiger partial charge on any atom is -0.398 e. The quantitative estimate of drug-likeness (QED) is 0.590. The standard InChI is InChI=1S/C21H23N5OS.ClH/c1-2-14-8-10-15(11-9-14)23-20(27)21-25-24-19(28-21)13-26-12-4-5-16-17(22)6-3-7-18(16)26;/h3,6-11H,2,4-5,12-13,22H2,1H3,(H,23,27);1H. The highest BCUT2D eigenvalue weighted by Gasteiger charge is 2.21. The second-order valence-corrected chi connectivity index (χ2v) is 7.94. The van der Waals surface area contributed by atoms with Crippen LogP contribution in [0.2, 0.25) is 0 Å².